The van der Waals surface area contributed by atoms with Crippen LogP contribution in [0.1, 0.15) is 46.3 Å². The summed E-state index contributed by atoms with van der Waals surface area (Å²) in [4.78, 5) is 25.7. The third-order valence-corrected chi connectivity index (χ3v) is 5.35. The number of thiophene rings is 1. The minimum Gasteiger partial charge on any atom is -0.481 e. The lowest BCUT2D eigenvalue weighted by Crippen LogP contribution is -2.46. The van der Waals surface area contributed by atoms with Crippen molar-refractivity contribution in [2.24, 2.45) is 5.41 Å². The summed E-state index contributed by atoms with van der Waals surface area (Å²) in [6, 6.07) is 1.93. The van der Waals surface area contributed by atoms with Crippen molar-refractivity contribution in [2.75, 3.05) is 19.8 Å². The molecular weight excluding hydrogens is 302 g/mol. The molecule has 2 N–H and O–H groups in total. The van der Waals surface area contributed by atoms with Crippen molar-refractivity contribution in [1.82, 2.24) is 5.32 Å². The maximum Gasteiger partial charge on any atom is 0.311 e. The molecule has 1 aliphatic rings. The fourth-order valence-corrected chi connectivity index (χ4v) is 3.70. The Hall–Kier alpha value is -1.40. The molecule has 5 nitrogen and oxygen atoms in total. The van der Waals surface area contributed by atoms with Gasteiger partial charge in [0.05, 0.1) is 10.3 Å². The van der Waals surface area contributed by atoms with Gasteiger partial charge in [-0.3, -0.25) is 9.59 Å². The Kier molecular flexibility index (Phi) is 5.58. The number of ether oxygens (including phenoxy) is 1. The van der Waals surface area contributed by atoms with Gasteiger partial charge in [-0.15, -0.1) is 11.3 Å². The molecule has 0 atom stereocenters. The van der Waals surface area contributed by atoms with Gasteiger partial charge in [0.25, 0.3) is 5.91 Å². The van der Waals surface area contributed by atoms with Crippen LogP contribution in [0, 0.1) is 12.3 Å². The van der Waals surface area contributed by atoms with E-state index >= 15 is 0 Å². The maximum absolute atomic E-state index is 12.3. The van der Waals surface area contributed by atoms with E-state index in [4.69, 9.17) is 4.74 Å². The first-order chi connectivity index (χ1) is 10.5. The van der Waals surface area contributed by atoms with Crippen LogP contribution >= 0.6 is 11.3 Å². The minimum absolute atomic E-state index is 0.157. The molecule has 1 aromatic rings. The number of carbonyl (C=O) groups excluding carboxylic acids is 1. The number of aryl methyl sites for hydroxylation is 2. The van der Waals surface area contributed by atoms with Gasteiger partial charge < -0.3 is 15.2 Å². The predicted molar refractivity (Wildman–Crippen MR) is 85.5 cm³/mol. The van der Waals surface area contributed by atoms with Crippen molar-refractivity contribution < 1.29 is 19.4 Å². The van der Waals surface area contributed by atoms with Crippen LogP contribution in [0.5, 0.6) is 0 Å². The normalized spacial score (nSPS) is 17.2. The number of nitrogens with one attached hydrogen (secondary N) is 1. The summed E-state index contributed by atoms with van der Waals surface area (Å²) < 4.78 is 5.24. The van der Waals surface area contributed by atoms with Gasteiger partial charge in [-0.1, -0.05) is 13.3 Å². The molecule has 1 fully saturated rings. The average Bonchev–Trinajstić information content (AvgIpc) is 2.87. The molecule has 0 radical (unpaired) electrons. The minimum atomic E-state index is -0.896. The number of aliphatic carboxylic acids is 1. The van der Waals surface area contributed by atoms with Crippen LogP contribution in [0.3, 0.4) is 0 Å². The van der Waals surface area contributed by atoms with Gasteiger partial charge in [0.1, 0.15) is 0 Å². The second-order valence-corrected chi connectivity index (χ2v) is 7.08. The second kappa shape index (κ2) is 7.24. The zero-order chi connectivity index (χ0) is 16.2. The fourth-order valence-electron chi connectivity index (χ4n) is 2.71. The number of amides is 1. The third kappa shape index (κ3) is 3.67. The van der Waals surface area contributed by atoms with Crippen LogP contribution in [0.25, 0.3) is 0 Å². The Balaban J connectivity index is 2.02. The summed E-state index contributed by atoms with van der Waals surface area (Å²) in [6.45, 7) is 5.15. The van der Waals surface area contributed by atoms with Gasteiger partial charge in [-0.2, -0.15) is 0 Å². The van der Waals surface area contributed by atoms with E-state index in [1.807, 2.05) is 13.0 Å². The van der Waals surface area contributed by atoms with Crippen molar-refractivity contribution in [2.45, 2.75) is 39.5 Å². The fraction of sp³-hybridized carbons (Fsp3) is 0.625. The Morgan fingerprint density at radius 1 is 1.41 bits per heavy atom. The maximum atomic E-state index is 12.3. The quantitative estimate of drug-likeness (QED) is 0.843. The van der Waals surface area contributed by atoms with E-state index < -0.39 is 11.4 Å². The average molecular weight is 325 g/mol. The second-order valence-electron chi connectivity index (χ2n) is 5.82. The Bertz CT molecular complexity index is 546. The van der Waals surface area contributed by atoms with Gasteiger partial charge in [-0.25, -0.2) is 0 Å². The molecule has 2 heterocycles. The smallest absolute Gasteiger partial charge is 0.311 e. The number of rotatable bonds is 6. The molecular formula is C16H23NO4S. The standard InChI is InChI=1S/C16H23NO4S/c1-3-4-12-9-13(22-11(12)2)14(18)17-10-16(15(19)20)5-7-21-8-6-16/h9H,3-8,10H2,1-2H3,(H,17,18)(H,19,20). The van der Waals surface area contributed by atoms with Gasteiger partial charge in [0.15, 0.2) is 0 Å². The predicted octanol–water partition coefficient (Wildman–Crippen LogP) is 2.62. The summed E-state index contributed by atoms with van der Waals surface area (Å²) in [5.41, 5.74) is 0.309. The molecule has 0 bridgehead atoms. The first kappa shape index (κ1) is 17.0. The van der Waals surface area contributed by atoms with Crippen molar-refractivity contribution in [3.05, 3.63) is 21.4 Å². The Morgan fingerprint density at radius 2 is 2.09 bits per heavy atom. The highest BCUT2D eigenvalue weighted by atomic mass is 32.1. The van der Waals surface area contributed by atoms with Crippen LogP contribution in [0.15, 0.2) is 6.07 Å². The molecule has 0 saturated carbocycles. The third-order valence-electron chi connectivity index (χ3n) is 4.25. The van der Waals surface area contributed by atoms with Crippen LogP contribution in [-0.2, 0) is 16.0 Å². The summed E-state index contributed by atoms with van der Waals surface area (Å²) in [5.74, 6) is -1.03. The number of hydrogen-bond donors (Lipinski definition) is 2. The lowest BCUT2D eigenvalue weighted by Gasteiger charge is -2.33. The summed E-state index contributed by atoms with van der Waals surface area (Å²) >= 11 is 1.47. The molecule has 2 rings (SSSR count). The SMILES string of the molecule is CCCc1cc(C(=O)NCC2(C(=O)O)CCOCC2)sc1C. The van der Waals surface area contributed by atoms with Crippen molar-refractivity contribution in [3.63, 3.8) is 0 Å². The van der Waals surface area contributed by atoms with Crippen molar-refractivity contribution in [1.29, 1.82) is 0 Å². The monoisotopic (exact) mass is 325 g/mol. The molecule has 122 valence electrons. The van der Waals surface area contributed by atoms with Crippen LogP contribution < -0.4 is 5.32 Å². The molecule has 6 heteroatoms. The van der Waals surface area contributed by atoms with Crippen LogP contribution in [0.2, 0.25) is 0 Å². The first-order valence-electron chi connectivity index (χ1n) is 7.67. The number of carbonyl (C=O) groups is 2. The Labute approximate surface area is 134 Å². The van der Waals surface area contributed by atoms with Crippen molar-refractivity contribution >= 4 is 23.2 Å². The highest BCUT2D eigenvalue weighted by Crippen LogP contribution is 2.30. The van der Waals surface area contributed by atoms with Gasteiger partial charge in [0.2, 0.25) is 0 Å². The van der Waals surface area contributed by atoms with E-state index in [2.05, 4.69) is 12.2 Å². The number of carboxylic acids is 1. The highest BCUT2D eigenvalue weighted by molar-refractivity contribution is 7.14. The lowest BCUT2D eigenvalue weighted by atomic mass is 9.80. The number of carboxylic acid groups (broad SMARTS) is 1. The number of hydrogen-bond acceptors (Lipinski definition) is 4. The van der Waals surface area contributed by atoms with E-state index in [1.54, 1.807) is 0 Å². The molecule has 22 heavy (non-hydrogen) atoms. The van der Waals surface area contributed by atoms with E-state index in [9.17, 15) is 14.7 Å². The zero-order valence-electron chi connectivity index (χ0n) is 13.1. The highest BCUT2D eigenvalue weighted by Gasteiger charge is 2.40. The molecule has 1 amide bonds. The first-order valence-corrected chi connectivity index (χ1v) is 8.49. The van der Waals surface area contributed by atoms with Crippen LogP contribution in [0.4, 0.5) is 0 Å². The molecule has 0 aliphatic carbocycles. The molecule has 1 saturated heterocycles. The van der Waals surface area contributed by atoms with Gasteiger partial charge >= 0.3 is 5.97 Å². The molecule has 1 aromatic heterocycles. The summed E-state index contributed by atoms with van der Waals surface area (Å²) in [6.07, 6.45) is 2.88. The van der Waals surface area contributed by atoms with Crippen LogP contribution in [-0.4, -0.2) is 36.7 Å². The van der Waals surface area contributed by atoms with E-state index in [0.29, 0.717) is 30.9 Å². The molecule has 0 spiro atoms. The van der Waals surface area contributed by atoms with E-state index in [0.717, 1.165) is 17.7 Å². The Morgan fingerprint density at radius 3 is 2.68 bits per heavy atom. The summed E-state index contributed by atoms with van der Waals surface area (Å²) in [7, 11) is 0. The van der Waals surface area contributed by atoms with Gasteiger partial charge in [0, 0.05) is 24.6 Å². The molecule has 0 aromatic carbocycles. The molecule has 1 aliphatic heterocycles. The topological polar surface area (TPSA) is 75.6 Å². The summed E-state index contributed by atoms with van der Waals surface area (Å²) in [5, 5.41) is 12.3. The van der Waals surface area contributed by atoms with E-state index in [1.165, 1.54) is 16.9 Å². The lowest BCUT2D eigenvalue weighted by molar-refractivity contribution is -0.154. The van der Waals surface area contributed by atoms with E-state index in [-0.39, 0.29) is 12.5 Å². The zero-order valence-corrected chi connectivity index (χ0v) is 13.9. The molecule has 0 unspecified atom stereocenters. The largest absolute Gasteiger partial charge is 0.481 e. The van der Waals surface area contributed by atoms with Gasteiger partial charge in [-0.05, 0) is 37.8 Å². The van der Waals surface area contributed by atoms with Crippen molar-refractivity contribution in [3.8, 4) is 0 Å².